The van der Waals surface area contributed by atoms with Crippen molar-refractivity contribution in [1.82, 2.24) is 19.5 Å². The Labute approximate surface area is 165 Å². The fourth-order valence-corrected chi connectivity index (χ4v) is 2.66. The molecule has 0 radical (unpaired) electrons. The van der Waals surface area contributed by atoms with Gasteiger partial charge >= 0.3 is 0 Å². The number of nitrogens with zero attached hydrogens (tertiary/aromatic N) is 4. The molecule has 0 spiro atoms. The van der Waals surface area contributed by atoms with Crippen molar-refractivity contribution in [3.05, 3.63) is 90.5 Å². The molecule has 0 atom stereocenters. The summed E-state index contributed by atoms with van der Waals surface area (Å²) >= 11 is 0. The summed E-state index contributed by atoms with van der Waals surface area (Å²) in [5, 5.41) is 2.72. The van der Waals surface area contributed by atoms with Crippen LogP contribution in [0, 0.1) is 12.7 Å². The smallest absolute Gasteiger partial charge is 0.255 e. The molecule has 0 unspecified atom stereocenters. The first-order valence-electron chi connectivity index (χ1n) is 8.76. The molecule has 7 nitrogen and oxygen atoms in total. The number of rotatable bonds is 5. The monoisotopic (exact) mass is 389 g/mol. The van der Waals surface area contributed by atoms with Crippen LogP contribution >= 0.6 is 0 Å². The van der Waals surface area contributed by atoms with Crippen LogP contribution in [0.15, 0.2) is 73.3 Å². The maximum Gasteiger partial charge on any atom is 0.255 e. The molecule has 1 amide bonds. The van der Waals surface area contributed by atoms with E-state index in [0.717, 1.165) is 0 Å². The SMILES string of the molecule is Cc1nc(Oc2ccc(NC(=O)c3cccc(F)c3)cc2)cc(-n2ccnc2)n1. The van der Waals surface area contributed by atoms with Crippen LogP contribution in [-0.4, -0.2) is 25.4 Å². The molecule has 4 aromatic rings. The molecule has 4 rings (SSSR count). The third-order valence-corrected chi connectivity index (χ3v) is 3.99. The van der Waals surface area contributed by atoms with Crippen LogP contribution in [0.25, 0.3) is 5.82 Å². The van der Waals surface area contributed by atoms with E-state index in [2.05, 4.69) is 20.3 Å². The van der Waals surface area contributed by atoms with Crippen molar-refractivity contribution in [1.29, 1.82) is 0 Å². The third kappa shape index (κ3) is 4.44. The molecule has 2 aromatic carbocycles. The van der Waals surface area contributed by atoms with Gasteiger partial charge in [-0.05, 0) is 49.4 Å². The second-order valence-corrected chi connectivity index (χ2v) is 6.17. The minimum absolute atomic E-state index is 0.244. The summed E-state index contributed by atoms with van der Waals surface area (Å²) in [5.41, 5.74) is 0.804. The molecular formula is C21H16FN5O2. The fraction of sp³-hybridized carbons (Fsp3) is 0.0476. The van der Waals surface area contributed by atoms with Crippen molar-refractivity contribution in [2.75, 3.05) is 5.32 Å². The second-order valence-electron chi connectivity index (χ2n) is 6.17. The number of ether oxygens (including phenoxy) is 1. The first-order valence-corrected chi connectivity index (χ1v) is 8.76. The number of benzene rings is 2. The zero-order valence-electron chi connectivity index (χ0n) is 15.4. The minimum atomic E-state index is -0.461. The van der Waals surface area contributed by atoms with E-state index in [4.69, 9.17) is 4.74 Å². The summed E-state index contributed by atoms with van der Waals surface area (Å²) in [5.74, 6) is 1.28. The standard InChI is InChI=1S/C21H16FN5O2/c1-14-24-19(27-10-9-23-13-27)12-20(25-14)29-18-7-5-17(6-8-18)26-21(28)15-3-2-4-16(22)11-15/h2-13H,1H3,(H,26,28). The number of amides is 1. The van der Waals surface area contributed by atoms with Gasteiger partial charge in [-0.25, -0.2) is 14.4 Å². The molecular weight excluding hydrogens is 373 g/mol. The zero-order valence-corrected chi connectivity index (χ0v) is 15.4. The van der Waals surface area contributed by atoms with Gasteiger partial charge in [0.15, 0.2) is 0 Å². The summed E-state index contributed by atoms with van der Waals surface area (Å²) in [6.45, 7) is 1.78. The minimum Gasteiger partial charge on any atom is -0.439 e. The van der Waals surface area contributed by atoms with Crippen molar-refractivity contribution in [2.24, 2.45) is 0 Å². The number of carbonyl (C=O) groups excluding carboxylic acids is 1. The van der Waals surface area contributed by atoms with Gasteiger partial charge in [0.2, 0.25) is 5.88 Å². The third-order valence-electron chi connectivity index (χ3n) is 3.99. The molecule has 0 aliphatic heterocycles. The molecule has 0 bridgehead atoms. The predicted octanol–water partition coefficient (Wildman–Crippen LogP) is 4.15. The summed E-state index contributed by atoms with van der Waals surface area (Å²) < 4.78 is 20.8. The number of hydrogen-bond acceptors (Lipinski definition) is 5. The van der Waals surface area contributed by atoms with Gasteiger partial charge < -0.3 is 10.1 Å². The molecule has 0 saturated heterocycles. The lowest BCUT2D eigenvalue weighted by Gasteiger charge is -2.09. The van der Waals surface area contributed by atoms with Crippen molar-refractivity contribution in [2.45, 2.75) is 6.92 Å². The maximum absolute atomic E-state index is 13.3. The van der Waals surface area contributed by atoms with Gasteiger partial charge in [-0.3, -0.25) is 9.36 Å². The van der Waals surface area contributed by atoms with Crippen LogP contribution in [0.5, 0.6) is 11.6 Å². The van der Waals surface area contributed by atoms with E-state index in [-0.39, 0.29) is 5.56 Å². The Morgan fingerprint density at radius 3 is 2.66 bits per heavy atom. The van der Waals surface area contributed by atoms with E-state index in [9.17, 15) is 9.18 Å². The van der Waals surface area contributed by atoms with Gasteiger partial charge in [0, 0.05) is 29.7 Å². The number of hydrogen-bond donors (Lipinski definition) is 1. The predicted molar refractivity (Wildman–Crippen MR) is 105 cm³/mol. The van der Waals surface area contributed by atoms with E-state index in [1.54, 1.807) is 66.6 Å². The Morgan fingerprint density at radius 1 is 1.10 bits per heavy atom. The normalized spacial score (nSPS) is 10.6. The van der Waals surface area contributed by atoms with Gasteiger partial charge in [0.1, 0.15) is 29.5 Å². The van der Waals surface area contributed by atoms with Crippen molar-refractivity contribution >= 4 is 11.6 Å². The molecule has 0 fully saturated rings. The van der Waals surface area contributed by atoms with Crippen LogP contribution in [-0.2, 0) is 0 Å². The average molecular weight is 389 g/mol. The topological polar surface area (TPSA) is 81.9 Å². The largest absolute Gasteiger partial charge is 0.439 e. The van der Waals surface area contributed by atoms with Gasteiger partial charge in [0.05, 0.1) is 0 Å². The molecule has 0 aliphatic carbocycles. The highest BCUT2D eigenvalue weighted by atomic mass is 19.1. The fourth-order valence-electron chi connectivity index (χ4n) is 2.66. The molecule has 0 aliphatic rings. The highest BCUT2D eigenvalue weighted by Gasteiger charge is 2.09. The Morgan fingerprint density at radius 2 is 1.93 bits per heavy atom. The molecule has 2 aromatic heterocycles. The van der Waals surface area contributed by atoms with Crippen LogP contribution in [0.3, 0.4) is 0 Å². The zero-order chi connectivity index (χ0) is 20.2. The lowest BCUT2D eigenvalue weighted by atomic mass is 10.2. The van der Waals surface area contributed by atoms with Gasteiger partial charge in [-0.1, -0.05) is 6.07 Å². The molecule has 8 heteroatoms. The molecule has 0 saturated carbocycles. The first kappa shape index (κ1) is 18.3. The number of halogens is 1. The lowest BCUT2D eigenvalue weighted by molar-refractivity contribution is 0.102. The van der Waals surface area contributed by atoms with Gasteiger partial charge in [0.25, 0.3) is 5.91 Å². The van der Waals surface area contributed by atoms with Gasteiger partial charge in [-0.2, -0.15) is 4.98 Å². The lowest BCUT2D eigenvalue weighted by Crippen LogP contribution is -2.11. The van der Waals surface area contributed by atoms with Crippen molar-refractivity contribution < 1.29 is 13.9 Å². The summed E-state index contributed by atoms with van der Waals surface area (Å²) in [6.07, 6.45) is 5.08. The summed E-state index contributed by atoms with van der Waals surface area (Å²) in [7, 11) is 0. The van der Waals surface area contributed by atoms with Crippen molar-refractivity contribution in [3.8, 4) is 17.4 Å². The number of carbonyl (C=O) groups is 1. The molecule has 2 heterocycles. The van der Waals surface area contributed by atoms with Crippen LogP contribution in [0.1, 0.15) is 16.2 Å². The number of aryl methyl sites for hydroxylation is 1. The number of imidazole rings is 1. The average Bonchev–Trinajstić information content (AvgIpc) is 3.24. The highest BCUT2D eigenvalue weighted by molar-refractivity contribution is 6.04. The number of nitrogens with one attached hydrogen (secondary N) is 1. The Hall–Kier alpha value is -4.07. The Balaban J connectivity index is 1.47. The van der Waals surface area contributed by atoms with Crippen LogP contribution in [0.4, 0.5) is 10.1 Å². The molecule has 144 valence electrons. The Bertz CT molecular complexity index is 1140. The summed E-state index contributed by atoms with van der Waals surface area (Å²) in [6, 6.07) is 14.0. The molecule has 1 N–H and O–H groups in total. The number of anilines is 1. The Kier molecular flexibility index (Phi) is 4.98. The quantitative estimate of drug-likeness (QED) is 0.554. The van der Waals surface area contributed by atoms with E-state index >= 15 is 0 Å². The van der Waals surface area contributed by atoms with E-state index in [1.807, 2.05) is 0 Å². The first-order chi connectivity index (χ1) is 14.1. The van der Waals surface area contributed by atoms with Crippen molar-refractivity contribution in [3.63, 3.8) is 0 Å². The van der Waals surface area contributed by atoms with E-state index in [1.165, 1.54) is 18.2 Å². The van der Waals surface area contributed by atoms with Crippen LogP contribution < -0.4 is 10.1 Å². The maximum atomic E-state index is 13.3. The highest BCUT2D eigenvalue weighted by Crippen LogP contribution is 2.23. The summed E-state index contributed by atoms with van der Waals surface area (Å²) in [4.78, 5) is 24.8. The second kappa shape index (κ2) is 7.89. The molecule has 29 heavy (non-hydrogen) atoms. The van der Waals surface area contributed by atoms with Crippen LogP contribution in [0.2, 0.25) is 0 Å². The van der Waals surface area contributed by atoms with E-state index in [0.29, 0.717) is 29.0 Å². The van der Waals surface area contributed by atoms with Gasteiger partial charge in [-0.15, -0.1) is 0 Å². The van der Waals surface area contributed by atoms with E-state index < -0.39 is 11.7 Å². The number of aromatic nitrogens is 4.